The minimum Gasteiger partial charge on any atom is -0.325 e. The second kappa shape index (κ2) is 8.39. The molecule has 6 nitrogen and oxygen atoms in total. The number of ketones is 1. The number of amides is 1. The highest BCUT2D eigenvalue weighted by Crippen LogP contribution is 2.19. The van der Waals surface area contributed by atoms with Crippen LogP contribution in [0.15, 0.2) is 53.5 Å². The van der Waals surface area contributed by atoms with Crippen molar-refractivity contribution in [3.05, 3.63) is 75.8 Å². The molecule has 2 aromatic heterocycles. The van der Waals surface area contributed by atoms with Crippen LogP contribution in [0.5, 0.6) is 0 Å². The van der Waals surface area contributed by atoms with E-state index in [1.807, 2.05) is 19.1 Å². The van der Waals surface area contributed by atoms with Crippen molar-refractivity contribution in [1.29, 1.82) is 0 Å². The molecule has 28 heavy (non-hydrogen) atoms. The van der Waals surface area contributed by atoms with Crippen molar-refractivity contribution in [3.63, 3.8) is 0 Å². The molecule has 0 aliphatic rings. The zero-order chi connectivity index (χ0) is 20.3. The molecular weight excluding hydrogens is 374 g/mol. The van der Waals surface area contributed by atoms with Gasteiger partial charge in [0.1, 0.15) is 5.65 Å². The smallest absolute Gasteiger partial charge is 0.258 e. The first kappa shape index (κ1) is 19.8. The van der Waals surface area contributed by atoms with Gasteiger partial charge >= 0.3 is 0 Å². The Morgan fingerprint density at radius 3 is 2.57 bits per heavy atom. The molecule has 7 heteroatoms. The average Bonchev–Trinajstić information content (AvgIpc) is 2.67. The number of rotatable bonds is 6. The van der Waals surface area contributed by atoms with Crippen LogP contribution in [0, 0.1) is 6.92 Å². The lowest BCUT2D eigenvalue weighted by Gasteiger charge is -2.12. The van der Waals surface area contributed by atoms with E-state index in [1.54, 1.807) is 37.4 Å². The summed E-state index contributed by atoms with van der Waals surface area (Å²) in [4.78, 5) is 40.4. The highest BCUT2D eigenvalue weighted by atomic mass is 32.2. The molecular formula is C21H21N3O3S. The molecule has 3 aromatic rings. The van der Waals surface area contributed by atoms with Gasteiger partial charge in [0.25, 0.3) is 5.56 Å². The number of fused-ring (bicyclic) bond motifs is 1. The first-order chi connectivity index (χ1) is 13.3. The normalized spacial score (nSPS) is 12.0. The van der Waals surface area contributed by atoms with Gasteiger partial charge in [-0.15, -0.1) is 11.8 Å². The van der Waals surface area contributed by atoms with Gasteiger partial charge in [-0.2, -0.15) is 0 Å². The van der Waals surface area contributed by atoms with Crippen molar-refractivity contribution in [2.24, 2.45) is 0 Å². The standard InChI is InChI=1S/C21H21N3O3S/c1-13-4-9-19-22-18(10-20(26)24(19)11-13)12-28-15(3)21(27)23-17-7-5-16(6-8-17)14(2)25/h4-11,15H,12H2,1-3H3,(H,23,27)/t15-/m1/s1. The van der Waals surface area contributed by atoms with Crippen LogP contribution in [0.2, 0.25) is 0 Å². The second-order valence-corrected chi connectivity index (χ2v) is 7.93. The molecule has 0 bridgehead atoms. The number of pyridine rings is 1. The number of nitrogens with zero attached hydrogens (tertiary/aromatic N) is 2. The van der Waals surface area contributed by atoms with Gasteiger partial charge < -0.3 is 5.32 Å². The lowest BCUT2D eigenvalue weighted by atomic mass is 10.1. The Labute approximate surface area is 167 Å². The van der Waals surface area contributed by atoms with Crippen LogP contribution >= 0.6 is 11.8 Å². The van der Waals surface area contributed by atoms with Crippen LogP contribution in [0.1, 0.15) is 35.5 Å². The van der Waals surface area contributed by atoms with E-state index in [-0.39, 0.29) is 22.5 Å². The Bertz CT molecular complexity index is 1090. The molecule has 0 fully saturated rings. The van der Waals surface area contributed by atoms with Crippen LogP contribution in [0.4, 0.5) is 5.69 Å². The van der Waals surface area contributed by atoms with Crippen molar-refractivity contribution in [2.75, 3.05) is 5.32 Å². The summed E-state index contributed by atoms with van der Waals surface area (Å²) < 4.78 is 1.52. The van der Waals surface area contributed by atoms with Crippen LogP contribution in [0.25, 0.3) is 5.65 Å². The highest BCUT2D eigenvalue weighted by Gasteiger charge is 2.15. The predicted octanol–water partition coefficient (Wildman–Crippen LogP) is 3.47. The van der Waals surface area contributed by atoms with Crippen molar-refractivity contribution in [3.8, 4) is 0 Å². The molecule has 0 unspecified atom stereocenters. The minimum absolute atomic E-state index is 0.0178. The molecule has 0 aliphatic heterocycles. The summed E-state index contributed by atoms with van der Waals surface area (Å²) in [5.74, 6) is 0.293. The summed E-state index contributed by atoms with van der Waals surface area (Å²) in [6.45, 7) is 5.23. The SMILES string of the molecule is CC(=O)c1ccc(NC(=O)[C@@H](C)SCc2cc(=O)n3cc(C)ccc3n2)cc1. The van der Waals surface area contributed by atoms with Gasteiger partial charge in [-0.25, -0.2) is 4.98 Å². The maximum atomic E-state index is 12.4. The Balaban J connectivity index is 1.63. The molecule has 0 aliphatic carbocycles. The summed E-state index contributed by atoms with van der Waals surface area (Å²) in [6.07, 6.45) is 1.76. The first-order valence-electron chi connectivity index (χ1n) is 8.86. The molecule has 1 amide bonds. The van der Waals surface area contributed by atoms with E-state index in [0.717, 1.165) is 5.56 Å². The van der Waals surface area contributed by atoms with Gasteiger partial charge in [-0.1, -0.05) is 6.07 Å². The number of Topliss-reactive ketones (excluding diaryl/α,β-unsaturated/α-hetero) is 1. The molecule has 1 N–H and O–H groups in total. The molecule has 0 radical (unpaired) electrons. The second-order valence-electron chi connectivity index (χ2n) is 6.60. The summed E-state index contributed by atoms with van der Waals surface area (Å²) in [6, 6.07) is 12.0. The number of nitrogens with one attached hydrogen (secondary N) is 1. The highest BCUT2D eigenvalue weighted by molar-refractivity contribution is 7.99. The fraction of sp³-hybridized carbons (Fsp3) is 0.238. The minimum atomic E-state index is -0.328. The zero-order valence-electron chi connectivity index (χ0n) is 15.9. The van der Waals surface area contributed by atoms with Crippen LogP contribution in [-0.2, 0) is 10.5 Å². The molecule has 2 heterocycles. The monoisotopic (exact) mass is 395 g/mol. The van der Waals surface area contributed by atoms with Crippen LogP contribution < -0.4 is 10.9 Å². The molecule has 3 rings (SSSR count). The molecule has 0 spiro atoms. The van der Waals surface area contributed by atoms with Gasteiger partial charge in [-0.05, 0) is 56.7 Å². The Kier molecular flexibility index (Phi) is 5.94. The Hall–Kier alpha value is -2.93. The third-order valence-electron chi connectivity index (χ3n) is 4.27. The lowest BCUT2D eigenvalue weighted by Crippen LogP contribution is -2.23. The quantitative estimate of drug-likeness (QED) is 0.647. The van der Waals surface area contributed by atoms with E-state index in [9.17, 15) is 14.4 Å². The third-order valence-corrected chi connectivity index (χ3v) is 5.45. The maximum Gasteiger partial charge on any atom is 0.258 e. The van der Waals surface area contributed by atoms with Gasteiger partial charge in [0.05, 0.1) is 10.9 Å². The van der Waals surface area contributed by atoms with Gasteiger partial charge in [0.15, 0.2) is 5.78 Å². The van der Waals surface area contributed by atoms with E-state index < -0.39 is 0 Å². The molecule has 144 valence electrons. The largest absolute Gasteiger partial charge is 0.325 e. The number of anilines is 1. The van der Waals surface area contributed by atoms with E-state index in [1.165, 1.54) is 29.2 Å². The predicted molar refractivity (Wildman–Crippen MR) is 112 cm³/mol. The number of hydrogen-bond acceptors (Lipinski definition) is 5. The fourth-order valence-electron chi connectivity index (χ4n) is 2.65. The van der Waals surface area contributed by atoms with Crippen LogP contribution in [0.3, 0.4) is 0 Å². The van der Waals surface area contributed by atoms with E-state index >= 15 is 0 Å². The van der Waals surface area contributed by atoms with Crippen molar-refractivity contribution in [2.45, 2.75) is 31.8 Å². The number of aromatic nitrogens is 2. The molecule has 0 saturated heterocycles. The summed E-state index contributed by atoms with van der Waals surface area (Å²) >= 11 is 1.41. The summed E-state index contributed by atoms with van der Waals surface area (Å²) in [7, 11) is 0. The van der Waals surface area contributed by atoms with Gasteiger partial charge in [0.2, 0.25) is 5.91 Å². The van der Waals surface area contributed by atoms with E-state index in [2.05, 4.69) is 10.3 Å². The van der Waals surface area contributed by atoms with Crippen molar-refractivity contribution >= 4 is 34.8 Å². The number of hydrogen-bond donors (Lipinski definition) is 1. The number of benzene rings is 1. The average molecular weight is 395 g/mol. The molecule has 1 aromatic carbocycles. The summed E-state index contributed by atoms with van der Waals surface area (Å²) in [5.41, 5.74) is 3.33. The third kappa shape index (κ3) is 4.67. The van der Waals surface area contributed by atoms with Crippen LogP contribution in [-0.4, -0.2) is 26.3 Å². The molecule has 0 saturated carbocycles. The Morgan fingerprint density at radius 2 is 1.89 bits per heavy atom. The number of aryl methyl sites for hydroxylation is 1. The molecule has 1 atom stereocenters. The number of carbonyl (C=O) groups is 2. The van der Waals surface area contributed by atoms with E-state index in [4.69, 9.17) is 0 Å². The lowest BCUT2D eigenvalue weighted by molar-refractivity contribution is -0.115. The topological polar surface area (TPSA) is 80.5 Å². The van der Waals surface area contributed by atoms with Gasteiger partial charge in [-0.3, -0.25) is 18.8 Å². The van der Waals surface area contributed by atoms with Crippen molar-refractivity contribution in [1.82, 2.24) is 9.38 Å². The number of carbonyl (C=O) groups excluding carboxylic acids is 2. The number of thioether (sulfide) groups is 1. The zero-order valence-corrected chi connectivity index (χ0v) is 16.7. The Morgan fingerprint density at radius 1 is 1.18 bits per heavy atom. The van der Waals surface area contributed by atoms with Gasteiger partial charge in [0, 0.05) is 29.3 Å². The first-order valence-corrected chi connectivity index (χ1v) is 9.91. The maximum absolute atomic E-state index is 12.4. The van der Waals surface area contributed by atoms with Crippen molar-refractivity contribution < 1.29 is 9.59 Å². The summed E-state index contributed by atoms with van der Waals surface area (Å²) in [5, 5.41) is 2.51. The van der Waals surface area contributed by atoms with E-state index in [0.29, 0.717) is 28.3 Å². The fourth-order valence-corrected chi connectivity index (χ4v) is 3.43.